The van der Waals surface area contributed by atoms with Crippen LogP contribution in [0, 0.1) is 6.92 Å². The lowest BCUT2D eigenvalue weighted by atomic mass is 10.1. The topological polar surface area (TPSA) is 41.1 Å². The molecule has 0 bridgehead atoms. The summed E-state index contributed by atoms with van der Waals surface area (Å²) in [6.45, 7) is 3.75. The molecule has 1 fully saturated rings. The maximum Gasteiger partial charge on any atom is 0.251 e. The van der Waals surface area contributed by atoms with Crippen LogP contribution in [0.4, 0.5) is 0 Å². The van der Waals surface area contributed by atoms with E-state index < -0.39 is 0 Å². The van der Waals surface area contributed by atoms with Crippen molar-refractivity contribution in [2.75, 3.05) is 13.1 Å². The molecular weight excluding hydrogens is 259 g/mol. The zero-order chi connectivity index (χ0) is 11.5. The van der Waals surface area contributed by atoms with E-state index in [0.717, 1.165) is 25.1 Å². The first-order chi connectivity index (χ1) is 7.66. The van der Waals surface area contributed by atoms with Crippen molar-refractivity contribution >= 4 is 29.9 Å². The van der Waals surface area contributed by atoms with Gasteiger partial charge in [-0.15, -0.1) is 12.4 Å². The number of carbonyl (C=O) groups is 1. The van der Waals surface area contributed by atoms with Crippen molar-refractivity contribution in [3.63, 3.8) is 0 Å². The standard InChI is InChI=1S/C12H15ClN2O.ClH/c1-8-2-3-9(6-11(8)13)12(16)15-10-4-5-14-7-10;/h2-3,6,10,14H,4-5,7H2,1H3,(H,15,16);1H. The molecule has 3 nitrogen and oxygen atoms in total. The van der Waals surface area contributed by atoms with E-state index in [1.807, 2.05) is 13.0 Å². The lowest BCUT2D eigenvalue weighted by molar-refractivity contribution is 0.0940. The number of halogens is 2. The quantitative estimate of drug-likeness (QED) is 0.868. The molecule has 1 aliphatic rings. The summed E-state index contributed by atoms with van der Waals surface area (Å²) in [5, 5.41) is 6.83. The van der Waals surface area contributed by atoms with Gasteiger partial charge in [-0.2, -0.15) is 0 Å². The molecule has 1 aromatic carbocycles. The molecule has 0 spiro atoms. The highest BCUT2D eigenvalue weighted by Gasteiger charge is 2.17. The third kappa shape index (κ3) is 3.60. The molecule has 5 heteroatoms. The first-order valence-electron chi connectivity index (χ1n) is 5.44. The highest BCUT2D eigenvalue weighted by Crippen LogP contribution is 2.16. The number of aryl methyl sites for hydroxylation is 1. The third-order valence-electron chi connectivity index (χ3n) is 2.83. The molecule has 1 aliphatic heterocycles. The number of hydrogen-bond acceptors (Lipinski definition) is 2. The molecule has 0 aliphatic carbocycles. The molecule has 1 aromatic rings. The summed E-state index contributed by atoms with van der Waals surface area (Å²) in [5.74, 6) is -0.0457. The van der Waals surface area contributed by atoms with E-state index >= 15 is 0 Å². The maximum absolute atomic E-state index is 11.9. The van der Waals surface area contributed by atoms with Gasteiger partial charge in [0.25, 0.3) is 5.91 Å². The summed E-state index contributed by atoms with van der Waals surface area (Å²) in [5.41, 5.74) is 1.61. The smallest absolute Gasteiger partial charge is 0.251 e. The molecule has 0 radical (unpaired) electrons. The Labute approximate surface area is 112 Å². The Balaban J connectivity index is 0.00000144. The minimum atomic E-state index is -0.0457. The van der Waals surface area contributed by atoms with Crippen molar-refractivity contribution in [3.8, 4) is 0 Å². The monoisotopic (exact) mass is 274 g/mol. The van der Waals surface area contributed by atoms with Crippen LogP contribution in [0.3, 0.4) is 0 Å². The SMILES string of the molecule is Cc1ccc(C(=O)NC2CCNC2)cc1Cl.Cl. The summed E-state index contributed by atoms with van der Waals surface area (Å²) >= 11 is 5.98. The number of amides is 1. The summed E-state index contributed by atoms with van der Waals surface area (Å²) < 4.78 is 0. The molecular formula is C12H16Cl2N2O. The maximum atomic E-state index is 11.9. The second kappa shape index (κ2) is 6.24. The minimum absolute atomic E-state index is 0. The largest absolute Gasteiger partial charge is 0.348 e. The molecule has 1 unspecified atom stereocenters. The van der Waals surface area contributed by atoms with Crippen LogP contribution in [0.25, 0.3) is 0 Å². The van der Waals surface area contributed by atoms with E-state index in [1.165, 1.54) is 0 Å². The molecule has 2 N–H and O–H groups in total. The highest BCUT2D eigenvalue weighted by molar-refractivity contribution is 6.31. The molecule has 1 heterocycles. The summed E-state index contributed by atoms with van der Waals surface area (Å²) in [7, 11) is 0. The van der Waals surface area contributed by atoms with Crippen LogP contribution in [0.15, 0.2) is 18.2 Å². The fourth-order valence-electron chi connectivity index (χ4n) is 1.78. The first-order valence-corrected chi connectivity index (χ1v) is 5.82. The van der Waals surface area contributed by atoms with Crippen LogP contribution in [-0.4, -0.2) is 25.0 Å². The fourth-order valence-corrected chi connectivity index (χ4v) is 1.96. The molecule has 2 rings (SSSR count). The molecule has 1 saturated heterocycles. The third-order valence-corrected chi connectivity index (χ3v) is 3.24. The summed E-state index contributed by atoms with van der Waals surface area (Å²) in [4.78, 5) is 11.9. The lowest BCUT2D eigenvalue weighted by Gasteiger charge is -2.11. The first kappa shape index (κ1) is 14.3. The Hall–Kier alpha value is -0.770. The van der Waals surface area contributed by atoms with E-state index in [0.29, 0.717) is 10.6 Å². The predicted octanol–water partition coefficient (Wildman–Crippen LogP) is 2.16. The van der Waals surface area contributed by atoms with Crippen LogP contribution in [0.2, 0.25) is 5.02 Å². The van der Waals surface area contributed by atoms with Gasteiger partial charge in [-0.1, -0.05) is 17.7 Å². The van der Waals surface area contributed by atoms with Crippen LogP contribution in [-0.2, 0) is 0 Å². The van der Waals surface area contributed by atoms with Gasteiger partial charge >= 0.3 is 0 Å². The molecule has 1 atom stereocenters. The van der Waals surface area contributed by atoms with Crippen LogP contribution < -0.4 is 10.6 Å². The van der Waals surface area contributed by atoms with E-state index in [-0.39, 0.29) is 24.4 Å². The van der Waals surface area contributed by atoms with Gasteiger partial charge < -0.3 is 10.6 Å². The van der Waals surface area contributed by atoms with E-state index in [1.54, 1.807) is 12.1 Å². The summed E-state index contributed by atoms with van der Waals surface area (Å²) in [6.07, 6.45) is 0.991. The van der Waals surface area contributed by atoms with Crippen LogP contribution in [0.1, 0.15) is 22.3 Å². The predicted molar refractivity (Wildman–Crippen MR) is 72.2 cm³/mol. The van der Waals surface area contributed by atoms with Gasteiger partial charge in [0.1, 0.15) is 0 Å². The van der Waals surface area contributed by atoms with E-state index in [4.69, 9.17) is 11.6 Å². The second-order valence-electron chi connectivity index (χ2n) is 4.13. The number of hydrogen-bond donors (Lipinski definition) is 2. The molecule has 1 amide bonds. The average molecular weight is 275 g/mol. The number of rotatable bonds is 2. The Bertz CT molecular complexity index is 403. The highest BCUT2D eigenvalue weighted by atomic mass is 35.5. The van der Waals surface area contributed by atoms with Crippen molar-refractivity contribution < 1.29 is 4.79 Å². The van der Waals surface area contributed by atoms with Gasteiger partial charge in [-0.3, -0.25) is 4.79 Å². The van der Waals surface area contributed by atoms with Crippen molar-refractivity contribution in [3.05, 3.63) is 34.3 Å². The Morgan fingerprint density at radius 2 is 2.29 bits per heavy atom. The Morgan fingerprint density at radius 3 is 2.88 bits per heavy atom. The van der Waals surface area contributed by atoms with Crippen molar-refractivity contribution in [1.29, 1.82) is 0 Å². The van der Waals surface area contributed by atoms with E-state index in [2.05, 4.69) is 10.6 Å². The van der Waals surface area contributed by atoms with Gasteiger partial charge in [0.15, 0.2) is 0 Å². The number of carbonyl (C=O) groups excluding carboxylic acids is 1. The lowest BCUT2D eigenvalue weighted by Crippen LogP contribution is -2.36. The zero-order valence-corrected chi connectivity index (χ0v) is 11.2. The van der Waals surface area contributed by atoms with Crippen molar-refractivity contribution in [2.24, 2.45) is 0 Å². The van der Waals surface area contributed by atoms with Crippen LogP contribution in [0.5, 0.6) is 0 Å². The Kier molecular flexibility index (Phi) is 5.25. The average Bonchev–Trinajstić information content (AvgIpc) is 2.74. The number of nitrogens with one attached hydrogen (secondary N) is 2. The van der Waals surface area contributed by atoms with Crippen LogP contribution >= 0.6 is 24.0 Å². The van der Waals surface area contributed by atoms with Crippen molar-refractivity contribution in [1.82, 2.24) is 10.6 Å². The number of benzene rings is 1. The van der Waals surface area contributed by atoms with Gasteiger partial charge in [0, 0.05) is 23.2 Å². The molecule has 0 saturated carbocycles. The van der Waals surface area contributed by atoms with E-state index in [9.17, 15) is 4.79 Å². The molecule has 17 heavy (non-hydrogen) atoms. The summed E-state index contributed by atoms with van der Waals surface area (Å²) in [6, 6.07) is 5.63. The van der Waals surface area contributed by atoms with Crippen molar-refractivity contribution in [2.45, 2.75) is 19.4 Å². The zero-order valence-electron chi connectivity index (χ0n) is 9.63. The fraction of sp³-hybridized carbons (Fsp3) is 0.417. The second-order valence-corrected chi connectivity index (χ2v) is 4.53. The van der Waals surface area contributed by atoms with Gasteiger partial charge in [0.05, 0.1) is 0 Å². The molecule has 0 aromatic heterocycles. The van der Waals surface area contributed by atoms with Gasteiger partial charge in [0.2, 0.25) is 0 Å². The minimum Gasteiger partial charge on any atom is -0.348 e. The molecule has 94 valence electrons. The van der Waals surface area contributed by atoms with Gasteiger partial charge in [-0.25, -0.2) is 0 Å². The van der Waals surface area contributed by atoms with Gasteiger partial charge in [-0.05, 0) is 37.6 Å². The Morgan fingerprint density at radius 1 is 1.53 bits per heavy atom. The normalized spacial score (nSPS) is 18.6.